The van der Waals surface area contributed by atoms with Crippen LogP contribution < -0.4 is 0 Å². The zero-order chi connectivity index (χ0) is 13.2. The lowest BCUT2D eigenvalue weighted by molar-refractivity contribution is 0.695. The van der Waals surface area contributed by atoms with Crippen molar-refractivity contribution in [3.63, 3.8) is 0 Å². The van der Waals surface area contributed by atoms with E-state index in [1.165, 1.54) is 16.7 Å². The molecule has 0 radical (unpaired) electrons. The molecule has 1 unspecified atom stereocenters. The van der Waals surface area contributed by atoms with Crippen LogP contribution in [0.3, 0.4) is 0 Å². The van der Waals surface area contributed by atoms with Crippen LogP contribution in [0.4, 0.5) is 0 Å². The number of benzene rings is 1. The normalized spacial score (nSPS) is 25.7. The van der Waals surface area contributed by atoms with Crippen molar-refractivity contribution in [2.75, 3.05) is 14.1 Å². The van der Waals surface area contributed by atoms with Gasteiger partial charge in [0.2, 0.25) is 0 Å². The first kappa shape index (κ1) is 13.2. The van der Waals surface area contributed by atoms with E-state index in [1.807, 2.05) is 0 Å². The molecule has 1 nitrogen and oxygen atoms in total. The molecule has 2 heteroatoms. The largest absolute Gasteiger partial charge is 0.264 e. The maximum atomic E-state index is 2.41. The molecular weight excluding hydrogens is 238 g/mol. The quantitative estimate of drug-likeness (QED) is 0.756. The minimum atomic E-state index is -1.05. The number of rotatable bonds is 3. The minimum absolute atomic E-state index is 1.05. The van der Waals surface area contributed by atoms with Crippen LogP contribution in [0, 0.1) is 0 Å². The van der Waals surface area contributed by atoms with E-state index in [0.29, 0.717) is 0 Å². The van der Waals surface area contributed by atoms with E-state index < -0.39 is 10.2 Å². The summed E-state index contributed by atoms with van der Waals surface area (Å²) in [5, 5.41) is 7.15. The van der Waals surface area contributed by atoms with Crippen molar-refractivity contribution >= 4 is 15.8 Å². The lowest BCUT2D eigenvalue weighted by atomic mass is 10.1. The van der Waals surface area contributed by atoms with Gasteiger partial charge >= 0.3 is 0 Å². The van der Waals surface area contributed by atoms with Crippen molar-refractivity contribution in [1.29, 1.82) is 0 Å². The van der Waals surface area contributed by atoms with Crippen LogP contribution in [0.15, 0.2) is 58.2 Å². The summed E-state index contributed by atoms with van der Waals surface area (Å²) in [6, 6.07) is 10.6. The van der Waals surface area contributed by atoms with Crippen LogP contribution in [0.2, 0.25) is 0 Å². The van der Waals surface area contributed by atoms with Gasteiger partial charge in [0, 0.05) is 0 Å². The number of hydrogen-bond donors (Lipinski definition) is 0. The summed E-state index contributed by atoms with van der Waals surface area (Å²) in [6.07, 6.45) is 2.25. The molecule has 1 atom stereocenters. The van der Waals surface area contributed by atoms with Crippen LogP contribution in [0.25, 0.3) is 5.57 Å². The monoisotopic (exact) mass is 259 g/mol. The summed E-state index contributed by atoms with van der Waals surface area (Å²) >= 11 is 0. The third-order valence-electron chi connectivity index (χ3n) is 2.95. The van der Waals surface area contributed by atoms with E-state index in [1.54, 1.807) is 0 Å². The average molecular weight is 259 g/mol. The molecule has 0 N–H and O–H groups in total. The SMILES string of the molecule is CC(C)=CS1(N(C)C)C=CC(c2ccccc2)=C1. The first-order chi connectivity index (χ1) is 8.53. The summed E-state index contributed by atoms with van der Waals surface area (Å²) in [7, 11) is 3.27. The Labute approximate surface area is 112 Å². The predicted molar refractivity (Wildman–Crippen MR) is 84.3 cm³/mol. The number of allylic oxidation sites excluding steroid dienone is 3. The van der Waals surface area contributed by atoms with Gasteiger partial charge in [-0.3, -0.25) is 4.31 Å². The van der Waals surface area contributed by atoms with Crippen molar-refractivity contribution in [3.8, 4) is 0 Å². The third-order valence-corrected chi connectivity index (χ3v) is 6.26. The summed E-state index contributed by atoms with van der Waals surface area (Å²) in [5.74, 6) is 0. The Morgan fingerprint density at radius 3 is 2.33 bits per heavy atom. The Morgan fingerprint density at radius 2 is 1.78 bits per heavy atom. The van der Waals surface area contributed by atoms with E-state index in [2.05, 4.69) is 84.9 Å². The van der Waals surface area contributed by atoms with E-state index >= 15 is 0 Å². The summed E-state index contributed by atoms with van der Waals surface area (Å²) < 4.78 is 2.33. The van der Waals surface area contributed by atoms with Gasteiger partial charge in [-0.1, -0.05) is 35.9 Å². The Hall–Kier alpha value is -1.25. The maximum Gasteiger partial charge on any atom is -0.00347 e. The molecule has 1 aliphatic rings. The third kappa shape index (κ3) is 2.60. The summed E-state index contributed by atoms with van der Waals surface area (Å²) in [5.41, 5.74) is 4.00. The Balaban J connectivity index is 2.42. The lowest BCUT2D eigenvalue weighted by Gasteiger charge is -2.36. The molecule has 18 heavy (non-hydrogen) atoms. The molecule has 0 saturated heterocycles. The van der Waals surface area contributed by atoms with Gasteiger partial charge in [0.1, 0.15) is 0 Å². The second-order valence-electron chi connectivity index (χ2n) is 4.97. The summed E-state index contributed by atoms with van der Waals surface area (Å²) in [4.78, 5) is 0. The van der Waals surface area contributed by atoms with E-state index in [9.17, 15) is 0 Å². The molecule has 0 aliphatic carbocycles. The fourth-order valence-corrected chi connectivity index (χ4v) is 4.67. The molecule has 0 bridgehead atoms. The minimum Gasteiger partial charge on any atom is -0.264 e. The number of hydrogen-bond acceptors (Lipinski definition) is 1. The van der Waals surface area contributed by atoms with Crippen LogP contribution >= 0.6 is 10.2 Å². The smallest absolute Gasteiger partial charge is 0.00347 e. The van der Waals surface area contributed by atoms with Crippen molar-refractivity contribution in [3.05, 3.63) is 63.8 Å². The Kier molecular flexibility index (Phi) is 3.79. The van der Waals surface area contributed by atoms with Gasteiger partial charge in [0.15, 0.2) is 0 Å². The van der Waals surface area contributed by atoms with Gasteiger partial charge in [0.05, 0.1) is 0 Å². The van der Waals surface area contributed by atoms with Crippen LogP contribution in [-0.2, 0) is 0 Å². The van der Waals surface area contributed by atoms with Crippen molar-refractivity contribution in [2.24, 2.45) is 0 Å². The molecule has 96 valence electrons. The van der Waals surface area contributed by atoms with Gasteiger partial charge in [-0.15, -0.1) is 10.2 Å². The molecule has 1 aromatic carbocycles. The van der Waals surface area contributed by atoms with Gasteiger partial charge < -0.3 is 0 Å². The van der Waals surface area contributed by atoms with Crippen LogP contribution in [0.1, 0.15) is 19.4 Å². The average Bonchev–Trinajstić information content (AvgIpc) is 2.75. The standard InChI is InChI=1S/C16H21NS/c1-14(2)12-18(17(3)4)11-10-16(13-18)15-8-6-5-7-9-15/h5-13H,1-4H3. The molecule has 1 aromatic rings. The molecular formula is C16H21NS. The topological polar surface area (TPSA) is 3.24 Å². The van der Waals surface area contributed by atoms with E-state index in [4.69, 9.17) is 0 Å². The zero-order valence-corrected chi connectivity index (χ0v) is 12.4. The lowest BCUT2D eigenvalue weighted by Crippen LogP contribution is -2.12. The summed E-state index contributed by atoms with van der Waals surface area (Å²) in [6.45, 7) is 4.33. The first-order valence-electron chi connectivity index (χ1n) is 6.14. The fourth-order valence-electron chi connectivity index (χ4n) is 2.04. The molecule has 1 heterocycles. The van der Waals surface area contributed by atoms with Crippen molar-refractivity contribution < 1.29 is 0 Å². The first-order valence-corrected chi connectivity index (χ1v) is 7.92. The van der Waals surface area contributed by atoms with E-state index in [0.717, 1.165) is 0 Å². The van der Waals surface area contributed by atoms with Gasteiger partial charge in [0.25, 0.3) is 0 Å². The second-order valence-corrected chi connectivity index (χ2v) is 7.90. The highest BCUT2D eigenvalue weighted by Crippen LogP contribution is 2.60. The highest BCUT2D eigenvalue weighted by atomic mass is 32.3. The fraction of sp³-hybridized carbons (Fsp3) is 0.250. The van der Waals surface area contributed by atoms with Gasteiger partial charge in [-0.25, -0.2) is 0 Å². The molecule has 0 spiro atoms. The second kappa shape index (κ2) is 5.17. The molecule has 0 aromatic heterocycles. The molecule has 0 amide bonds. The van der Waals surface area contributed by atoms with Gasteiger partial charge in [-0.2, -0.15) is 0 Å². The Bertz CT molecular complexity index is 507. The Morgan fingerprint density at radius 1 is 1.11 bits per heavy atom. The van der Waals surface area contributed by atoms with Gasteiger partial charge in [-0.05, 0) is 61.4 Å². The van der Waals surface area contributed by atoms with Crippen molar-refractivity contribution in [1.82, 2.24) is 4.31 Å². The van der Waals surface area contributed by atoms with Crippen LogP contribution in [0.5, 0.6) is 0 Å². The molecule has 2 rings (SSSR count). The highest BCUT2D eigenvalue weighted by molar-refractivity contribution is 8.39. The van der Waals surface area contributed by atoms with Crippen LogP contribution in [-0.4, -0.2) is 18.4 Å². The predicted octanol–water partition coefficient (Wildman–Crippen LogP) is 4.76. The van der Waals surface area contributed by atoms with E-state index in [-0.39, 0.29) is 0 Å². The van der Waals surface area contributed by atoms with Crippen molar-refractivity contribution in [2.45, 2.75) is 13.8 Å². The maximum absolute atomic E-state index is 2.41. The zero-order valence-electron chi connectivity index (χ0n) is 11.6. The molecule has 0 saturated carbocycles. The molecule has 1 aliphatic heterocycles. The number of nitrogens with zero attached hydrogens (tertiary/aromatic N) is 1. The highest BCUT2D eigenvalue weighted by Gasteiger charge is 2.23. The molecule has 0 fully saturated rings.